The Morgan fingerprint density at radius 1 is 1.32 bits per heavy atom. The first kappa shape index (κ1) is 17.2. The fraction of sp³-hybridized carbons (Fsp3) is 0.176. The van der Waals surface area contributed by atoms with Gasteiger partial charge in [-0.15, -0.1) is 11.8 Å². The van der Waals surface area contributed by atoms with E-state index < -0.39 is 17.6 Å². The highest BCUT2D eigenvalue weighted by atomic mass is 32.2. The van der Waals surface area contributed by atoms with E-state index in [-0.39, 0.29) is 34.7 Å². The van der Waals surface area contributed by atoms with E-state index in [4.69, 9.17) is 9.15 Å². The van der Waals surface area contributed by atoms with E-state index in [1.807, 2.05) is 6.26 Å². The molecule has 3 rings (SSSR count). The minimum atomic E-state index is -0.776. The zero-order chi connectivity index (χ0) is 18.0. The van der Waals surface area contributed by atoms with Crippen LogP contribution in [-0.4, -0.2) is 23.8 Å². The number of halogens is 2. The Morgan fingerprint density at radius 3 is 2.80 bits per heavy atom. The lowest BCUT2D eigenvalue weighted by Gasteiger charge is -2.09. The number of anilines is 2. The first-order valence-electron chi connectivity index (χ1n) is 7.38. The van der Waals surface area contributed by atoms with Crippen LogP contribution in [0.4, 0.5) is 20.2 Å². The van der Waals surface area contributed by atoms with Gasteiger partial charge < -0.3 is 14.5 Å². The summed E-state index contributed by atoms with van der Waals surface area (Å²) < 4.78 is 38.5. The second-order valence-corrected chi connectivity index (χ2v) is 5.88. The lowest BCUT2D eigenvalue weighted by molar-refractivity contribution is 0.0494. The maximum Gasteiger partial charge on any atom is 0.376 e. The van der Waals surface area contributed by atoms with Crippen LogP contribution in [0.1, 0.15) is 17.5 Å². The average Bonchev–Trinajstić information content (AvgIpc) is 2.97. The van der Waals surface area contributed by atoms with Crippen molar-refractivity contribution in [3.63, 3.8) is 0 Å². The summed E-state index contributed by atoms with van der Waals surface area (Å²) in [6.07, 6.45) is 4.14. The van der Waals surface area contributed by atoms with Crippen molar-refractivity contribution in [3.05, 3.63) is 48.0 Å². The van der Waals surface area contributed by atoms with Gasteiger partial charge in [0.1, 0.15) is 11.5 Å². The number of thioether (sulfide) groups is 1. The number of carbonyl (C=O) groups is 1. The summed E-state index contributed by atoms with van der Waals surface area (Å²) in [5.74, 6) is -2.26. The van der Waals surface area contributed by atoms with Crippen molar-refractivity contribution in [2.24, 2.45) is 0 Å². The maximum absolute atomic E-state index is 14.3. The number of furan rings is 1. The van der Waals surface area contributed by atoms with Crippen molar-refractivity contribution in [1.82, 2.24) is 4.98 Å². The molecule has 1 aromatic carbocycles. The van der Waals surface area contributed by atoms with Crippen LogP contribution in [0.15, 0.2) is 39.9 Å². The fourth-order valence-electron chi connectivity index (χ4n) is 2.30. The quantitative estimate of drug-likeness (QED) is 0.521. The van der Waals surface area contributed by atoms with Crippen LogP contribution >= 0.6 is 11.8 Å². The second kappa shape index (κ2) is 7.10. The van der Waals surface area contributed by atoms with E-state index in [2.05, 4.69) is 10.3 Å². The van der Waals surface area contributed by atoms with Gasteiger partial charge in [0, 0.05) is 11.1 Å². The highest BCUT2D eigenvalue weighted by molar-refractivity contribution is 7.98. The Hall–Kier alpha value is -2.61. The summed E-state index contributed by atoms with van der Waals surface area (Å²) >= 11 is 1.40. The number of benzene rings is 1. The van der Waals surface area contributed by atoms with Crippen LogP contribution in [0.2, 0.25) is 0 Å². The number of rotatable bonds is 5. The molecule has 2 heterocycles. The van der Waals surface area contributed by atoms with E-state index in [9.17, 15) is 13.6 Å². The number of nitrogens with zero attached hydrogens (tertiary/aromatic N) is 1. The molecule has 0 radical (unpaired) electrons. The van der Waals surface area contributed by atoms with Crippen molar-refractivity contribution in [2.45, 2.75) is 11.8 Å². The Morgan fingerprint density at radius 2 is 2.12 bits per heavy atom. The molecule has 0 saturated carbocycles. The number of aromatic nitrogens is 1. The average molecular weight is 364 g/mol. The number of fused-ring (bicyclic) bond motifs is 1. The summed E-state index contributed by atoms with van der Waals surface area (Å²) in [5, 5.41) is 3.02. The van der Waals surface area contributed by atoms with Gasteiger partial charge in [-0.2, -0.15) is 0 Å². The third kappa shape index (κ3) is 3.30. The lowest BCUT2D eigenvalue weighted by atomic mass is 10.2. The van der Waals surface area contributed by atoms with Crippen molar-refractivity contribution < 1.29 is 22.7 Å². The number of ether oxygens (including phenoxy) is 1. The molecule has 0 fully saturated rings. The van der Waals surface area contributed by atoms with Gasteiger partial charge >= 0.3 is 5.97 Å². The molecule has 0 bridgehead atoms. The monoisotopic (exact) mass is 364 g/mol. The van der Waals surface area contributed by atoms with Gasteiger partial charge in [-0.25, -0.2) is 13.6 Å². The minimum absolute atomic E-state index is 0.108. The zero-order valence-electron chi connectivity index (χ0n) is 13.4. The van der Waals surface area contributed by atoms with E-state index >= 15 is 0 Å². The first-order chi connectivity index (χ1) is 12.0. The number of carbonyl (C=O) groups excluding carboxylic acids is 1. The lowest BCUT2D eigenvalue weighted by Crippen LogP contribution is -2.06. The second-order valence-electron chi connectivity index (χ2n) is 5.00. The van der Waals surface area contributed by atoms with Crippen LogP contribution in [0.5, 0.6) is 0 Å². The highest BCUT2D eigenvalue weighted by Crippen LogP contribution is 2.35. The molecule has 0 aliphatic carbocycles. The normalized spacial score (nSPS) is 10.9. The smallest absolute Gasteiger partial charge is 0.376 e. The van der Waals surface area contributed by atoms with Crippen molar-refractivity contribution >= 4 is 40.1 Å². The highest BCUT2D eigenvalue weighted by Gasteiger charge is 2.24. The zero-order valence-corrected chi connectivity index (χ0v) is 14.2. The van der Waals surface area contributed by atoms with Gasteiger partial charge in [0.05, 0.1) is 23.9 Å². The molecule has 0 amide bonds. The van der Waals surface area contributed by atoms with Crippen LogP contribution in [0.25, 0.3) is 11.0 Å². The number of pyridine rings is 1. The summed E-state index contributed by atoms with van der Waals surface area (Å²) in [6, 6.07) is 4.61. The fourth-order valence-corrected chi connectivity index (χ4v) is 2.73. The van der Waals surface area contributed by atoms with E-state index in [0.717, 1.165) is 11.1 Å². The molecule has 130 valence electrons. The summed E-state index contributed by atoms with van der Waals surface area (Å²) in [7, 11) is 0. The summed E-state index contributed by atoms with van der Waals surface area (Å²) in [4.78, 5) is 16.6. The topological polar surface area (TPSA) is 64.4 Å². The van der Waals surface area contributed by atoms with E-state index in [1.165, 1.54) is 30.1 Å². The van der Waals surface area contributed by atoms with Crippen molar-refractivity contribution in [2.75, 3.05) is 18.2 Å². The summed E-state index contributed by atoms with van der Waals surface area (Å²) in [5.41, 5.74) is 0.0771. The Kier molecular flexibility index (Phi) is 4.89. The van der Waals surface area contributed by atoms with E-state index in [0.29, 0.717) is 0 Å². The van der Waals surface area contributed by atoms with Gasteiger partial charge in [-0.3, -0.25) is 4.98 Å². The Balaban J connectivity index is 2.12. The molecule has 5 nitrogen and oxygen atoms in total. The molecular formula is C17H14F2N2O3S. The van der Waals surface area contributed by atoms with Crippen LogP contribution in [0.3, 0.4) is 0 Å². The van der Waals surface area contributed by atoms with Crippen molar-refractivity contribution in [3.8, 4) is 0 Å². The molecule has 0 unspecified atom stereocenters. The van der Waals surface area contributed by atoms with E-state index in [1.54, 1.807) is 13.0 Å². The number of hydrogen-bond donors (Lipinski definition) is 1. The van der Waals surface area contributed by atoms with Crippen LogP contribution < -0.4 is 5.32 Å². The van der Waals surface area contributed by atoms with Crippen LogP contribution in [0, 0.1) is 11.6 Å². The van der Waals surface area contributed by atoms with Gasteiger partial charge in [-0.05, 0) is 31.4 Å². The molecule has 3 aromatic rings. The maximum atomic E-state index is 14.3. The minimum Gasteiger partial charge on any atom is -0.460 e. The third-order valence-corrected chi connectivity index (χ3v) is 4.18. The van der Waals surface area contributed by atoms with Crippen molar-refractivity contribution in [1.29, 1.82) is 0 Å². The Labute approximate surface area is 146 Å². The molecule has 0 aliphatic heterocycles. The van der Waals surface area contributed by atoms with Gasteiger partial charge in [-0.1, -0.05) is 0 Å². The molecule has 0 spiro atoms. The molecule has 0 saturated heterocycles. The number of esters is 1. The predicted octanol–water partition coefficient (Wildman–Crippen LogP) is 4.75. The number of hydrogen-bond acceptors (Lipinski definition) is 6. The Bertz CT molecular complexity index is 943. The van der Waals surface area contributed by atoms with Gasteiger partial charge in [0.25, 0.3) is 0 Å². The molecular weight excluding hydrogens is 350 g/mol. The molecule has 25 heavy (non-hydrogen) atoms. The first-order valence-corrected chi connectivity index (χ1v) is 8.61. The molecule has 8 heteroatoms. The number of nitrogens with one attached hydrogen (secondary N) is 1. The standard InChI is InChI=1S/C17H14F2N2O3S/c1-3-23-17(22)16-14(10-7-20-8-12(19)15(10)24-16)21-13-5-4-9(25-2)6-11(13)18/h4-8,21H,3H2,1-2H3. The molecule has 2 aromatic heterocycles. The molecule has 1 N–H and O–H groups in total. The summed E-state index contributed by atoms with van der Waals surface area (Å²) in [6.45, 7) is 1.75. The van der Waals surface area contributed by atoms with Gasteiger partial charge in [0.2, 0.25) is 5.76 Å². The molecule has 0 atom stereocenters. The predicted molar refractivity (Wildman–Crippen MR) is 91.4 cm³/mol. The SMILES string of the molecule is CCOC(=O)c1oc2c(F)cncc2c1Nc1ccc(SC)cc1F. The third-order valence-electron chi connectivity index (χ3n) is 3.45. The molecule has 0 aliphatic rings. The largest absolute Gasteiger partial charge is 0.460 e. The van der Waals surface area contributed by atoms with Gasteiger partial charge in [0.15, 0.2) is 11.4 Å². The van der Waals surface area contributed by atoms with Crippen LogP contribution in [-0.2, 0) is 4.74 Å².